The fourth-order valence-electron chi connectivity index (χ4n) is 3.05. The van der Waals surface area contributed by atoms with E-state index in [1.165, 1.54) is 12.1 Å². The molecule has 1 aliphatic rings. The van der Waals surface area contributed by atoms with Gasteiger partial charge in [-0.05, 0) is 52.0 Å². The summed E-state index contributed by atoms with van der Waals surface area (Å²) in [5.41, 5.74) is 6.47. The van der Waals surface area contributed by atoms with Gasteiger partial charge in [0.25, 0.3) is 0 Å². The van der Waals surface area contributed by atoms with Crippen LogP contribution in [0.3, 0.4) is 0 Å². The molecule has 5 heteroatoms. The molecule has 1 unspecified atom stereocenters. The number of benzene rings is 1. The molecule has 1 aromatic carbocycles. The van der Waals surface area contributed by atoms with Crippen LogP contribution in [0.15, 0.2) is 18.2 Å². The summed E-state index contributed by atoms with van der Waals surface area (Å²) < 4.78 is 26.6. The Hall–Kier alpha value is -1.04. The molecule has 118 valence electrons. The van der Waals surface area contributed by atoms with Gasteiger partial charge in [-0.25, -0.2) is 8.78 Å². The molecule has 3 nitrogen and oxygen atoms in total. The van der Waals surface area contributed by atoms with Crippen molar-refractivity contribution in [2.45, 2.75) is 18.9 Å². The first-order valence-electron chi connectivity index (χ1n) is 7.53. The van der Waals surface area contributed by atoms with Crippen molar-refractivity contribution in [1.82, 2.24) is 9.80 Å². The van der Waals surface area contributed by atoms with Gasteiger partial charge in [-0.1, -0.05) is 6.07 Å². The van der Waals surface area contributed by atoms with Gasteiger partial charge >= 0.3 is 0 Å². The average molecular weight is 297 g/mol. The Morgan fingerprint density at radius 1 is 1.29 bits per heavy atom. The van der Waals surface area contributed by atoms with Crippen molar-refractivity contribution < 1.29 is 8.78 Å². The van der Waals surface area contributed by atoms with Crippen LogP contribution >= 0.6 is 0 Å². The van der Waals surface area contributed by atoms with Crippen molar-refractivity contribution in [3.8, 4) is 0 Å². The van der Waals surface area contributed by atoms with Crippen LogP contribution < -0.4 is 5.73 Å². The minimum absolute atomic E-state index is 0.395. The molecule has 1 fully saturated rings. The van der Waals surface area contributed by atoms with Crippen LogP contribution in [0.2, 0.25) is 0 Å². The molecule has 1 aliphatic heterocycles. The van der Waals surface area contributed by atoms with E-state index in [0.29, 0.717) is 12.1 Å². The number of rotatable bonds is 5. The van der Waals surface area contributed by atoms with E-state index in [4.69, 9.17) is 5.73 Å². The van der Waals surface area contributed by atoms with E-state index < -0.39 is 17.7 Å². The molecular formula is C16H25F2N3. The van der Waals surface area contributed by atoms with Gasteiger partial charge in [-0.2, -0.15) is 0 Å². The Morgan fingerprint density at radius 2 is 1.95 bits per heavy atom. The molecule has 0 amide bonds. The third kappa shape index (κ3) is 4.73. The minimum Gasteiger partial charge on any atom is -0.323 e. The normalized spacial score (nSPS) is 19.1. The van der Waals surface area contributed by atoms with Gasteiger partial charge in [0.1, 0.15) is 11.6 Å². The van der Waals surface area contributed by atoms with Gasteiger partial charge in [0.05, 0.1) is 0 Å². The topological polar surface area (TPSA) is 32.5 Å². The Bertz CT molecular complexity index is 457. The maximum atomic E-state index is 13.7. The number of nitrogens with two attached hydrogens (primary N) is 1. The number of halogens is 2. The van der Waals surface area contributed by atoms with E-state index in [2.05, 4.69) is 23.9 Å². The summed E-state index contributed by atoms with van der Waals surface area (Å²) in [7, 11) is 4.19. The Kier molecular flexibility index (Phi) is 5.67. The van der Waals surface area contributed by atoms with Crippen molar-refractivity contribution in [2.24, 2.45) is 11.7 Å². The van der Waals surface area contributed by atoms with E-state index >= 15 is 0 Å². The quantitative estimate of drug-likeness (QED) is 0.904. The summed E-state index contributed by atoms with van der Waals surface area (Å²) in [5, 5.41) is 0. The molecule has 0 aliphatic carbocycles. The monoisotopic (exact) mass is 297 g/mol. The number of likely N-dealkylation sites (tertiary alicyclic amines) is 1. The lowest BCUT2D eigenvalue weighted by Gasteiger charge is -2.34. The summed E-state index contributed by atoms with van der Waals surface area (Å²) in [6, 6.07) is 3.21. The van der Waals surface area contributed by atoms with Crippen LogP contribution in [-0.2, 0) is 0 Å². The van der Waals surface area contributed by atoms with E-state index in [0.717, 1.165) is 44.5 Å². The number of nitrogens with zero attached hydrogens (tertiary/aromatic N) is 2. The second-order valence-electron chi connectivity index (χ2n) is 6.28. The van der Waals surface area contributed by atoms with Crippen LogP contribution in [-0.4, -0.2) is 50.1 Å². The predicted molar refractivity (Wildman–Crippen MR) is 81.0 cm³/mol. The second kappa shape index (κ2) is 7.29. The first-order chi connectivity index (χ1) is 9.95. The summed E-state index contributed by atoms with van der Waals surface area (Å²) in [6.07, 6.45) is 2.30. The fraction of sp³-hybridized carbons (Fsp3) is 0.625. The lowest BCUT2D eigenvalue weighted by atomic mass is 9.95. The lowest BCUT2D eigenvalue weighted by Crippen LogP contribution is -2.40. The van der Waals surface area contributed by atoms with Crippen molar-refractivity contribution in [3.05, 3.63) is 35.4 Å². The zero-order valence-electron chi connectivity index (χ0n) is 12.9. The second-order valence-corrected chi connectivity index (χ2v) is 6.28. The summed E-state index contributed by atoms with van der Waals surface area (Å²) in [6.45, 7) is 3.73. The number of piperidine rings is 1. The SMILES string of the molecule is CN(C)CC1CCN(CC(N)c2ccc(F)cc2F)CC1. The molecule has 1 saturated heterocycles. The van der Waals surface area contributed by atoms with Gasteiger partial charge in [0.15, 0.2) is 0 Å². The molecule has 2 rings (SSSR count). The van der Waals surface area contributed by atoms with Crippen molar-refractivity contribution >= 4 is 0 Å². The standard InChI is InChI=1S/C16H25F2N3/c1-20(2)10-12-5-7-21(8-6-12)11-16(19)14-4-3-13(17)9-15(14)18/h3-4,9,12,16H,5-8,10-11,19H2,1-2H3. The summed E-state index contributed by atoms with van der Waals surface area (Å²) in [5.74, 6) is -0.382. The van der Waals surface area contributed by atoms with Crippen LogP contribution in [0.25, 0.3) is 0 Å². The predicted octanol–water partition coefficient (Wildman–Crippen LogP) is 2.24. The molecule has 2 N–H and O–H groups in total. The highest BCUT2D eigenvalue weighted by Gasteiger charge is 2.22. The molecule has 21 heavy (non-hydrogen) atoms. The molecule has 1 aromatic rings. The lowest BCUT2D eigenvalue weighted by molar-refractivity contribution is 0.155. The van der Waals surface area contributed by atoms with Gasteiger partial charge in [-0.15, -0.1) is 0 Å². The van der Waals surface area contributed by atoms with E-state index in [9.17, 15) is 8.78 Å². The molecule has 1 heterocycles. The van der Waals surface area contributed by atoms with Crippen molar-refractivity contribution in [3.63, 3.8) is 0 Å². The van der Waals surface area contributed by atoms with Crippen molar-refractivity contribution in [2.75, 3.05) is 40.3 Å². The van der Waals surface area contributed by atoms with Crippen molar-refractivity contribution in [1.29, 1.82) is 0 Å². The molecule has 0 saturated carbocycles. The van der Waals surface area contributed by atoms with Gasteiger partial charge in [-0.3, -0.25) is 0 Å². The smallest absolute Gasteiger partial charge is 0.130 e. The fourth-order valence-corrected chi connectivity index (χ4v) is 3.05. The van der Waals surface area contributed by atoms with Crippen LogP contribution in [0.5, 0.6) is 0 Å². The van der Waals surface area contributed by atoms with Crippen LogP contribution in [0.4, 0.5) is 8.78 Å². The highest BCUT2D eigenvalue weighted by atomic mass is 19.1. The third-order valence-electron chi connectivity index (χ3n) is 4.15. The first-order valence-corrected chi connectivity index (χ1v) is 7.53. The average Bonchev–Trinajstić information content (AvgIpc) is 2.40. The van der Waals surface area contributed by atoms with Crippen LogP contribution in [0, 0.1) is 17.6 Å². The van der Waals surface area contributed by atoms with E-state index in [-0.39, 0.29) is 0 Å². The highest BCUT2D eigenvalue weighted by Crippen LogP contribution is 2.22. The zero-order chi connectivity index (χ0) is 15.4. The van der Waals surface area contributed by atoms with E-state index in [1.54, 1.807) is 0 Å². The van der Waals surface area contributed by atoms with Crippen LogP contribution in [0.1, 0.15) is 24.4 Å². The molecule has 0 bridgehead atoms. The molecular weight excluding hydrogens is 272 g/mol. The maximum Gasteiger partial charge on any atom is 0.130 e. The Labute approximate surface area is 125 Å². The van der Waals surface area contributed by atoms with Gasteiger partial charge in [0, 0.05) is 30.8 Å². The zero-order valence-corrected chi connectivity index (χ0v) is 12.9. The molecule has 0 spiro atoms. The molecule has 1 atom stereocenters. The van der Waals surface area contributed by atoms with Gasteiger partial charge in [0.2, 0.25) is 0 Å². The summed E-state index contributed by atoms with van der Waals surface area (Å²) >= 11 is 0. The third-order valence-corrected chi connectivity index (χ3v) is 4.15. The minimum atomic E-state index is -0.562. The first kappa shape index (κ1) is 16.3. The highest BCUT2D eigenvalue weighted by molar-refractivity contribution is 5.22. The van der Waals surface area contributed by atoms with E-state index in [1.807, 2.05) is 0 Å². The molecule has 0 aromatic heterocycles. The van der Waals surface area contributed by atoms with Gasteiger partial charge < -0.3 is 15.5 Å². The number of hydrogen-bond acceptors (Lipinski definition) is 3. The number of hydrogen-bond donors (Lipinski definition) is 1. The largest absolute Gasteiger partial charge is 0.323 e. The Balaban J connectivity index is 1.85. The maximum absolute atomic E-state index is 13.7. The summed E-state index contributed by atoms with van der Waals surface area (Å²) in [4.78, 5) is 4.50. The molecule has 0 radical (unpaired) electrons. The Morgan fingerprint density at radius 3 is 2.52 bits per heavy atom.